The lowest BCUT2D eigenvalue weighted by Crippen LogP contribution is -2.40. The van der Waals surface area contributed by atoms with Crippen molar-refractivity contribution in [1.82, 2.24) is 0 Å². The molecule has 0 unspecified atom stereocenters. The molecule has 0 radical (unpaired) electrons. The van der Waals surface area contributed by atoms with E-state index in [4.69, 9.17) is 20.9 Å². The maximum atomic E-state index is 11.0. The number of aromatic nitrogens is 2. The highest BCUT2D eigenvalue weighted by atomic mass is 16.5. The van der Waals surface area contributed by atoms with Crippen LogP contribution in [0.2, 0.25) is 0 Å². The SMILES string of the molecule is NC(=O)c1cc[n+](COC[n+]2cc(/C=N/O)cc(/C=N/O)c2)cc1. The molecular formula is C15H17N5O4+2. The van der Waals surface area contributed by atoms with Crippen LogP contribution in [0.1, 0.15) is 21.5 Å². The second-order valence-corrected chi connectivity index (χ2v) is 4.83. The van der Waals surface area contributed by atoms with Gasteiger partial charge in [0.05, 0.1) is 29.1 Å². The first-order valence-electron chi connectivity index (χ1n) is 6.88. The van der Waals surface area contributed by atoms with Crippen molar-refractivity contribution in [2.45, 2.75) is 13.5 Å². The van der Waals surface area contributed by atoms with Crippen LogP contribution < -0.4 is 14.9 Å². The molecule has 2 aromatic heterocycles. The van der Waals surface area contributed by atoms with Crippen LogP contribution >= 0.6 is 0 Å². The summed E-state index contributed by atoms with van der Waals surface area (Å²) in [4.78, 5) is 11.0. The number of nitrogens with zero attached hydrogens (tertiary/aromatic N) is 4. The fourth-order valence-electron chi connectivity index (χ4n) is 2.00. The van der Waals surface area contributed by atoms with E-state index >= 15 is 0 Å². The zero-order valence-electron chi connectivity index (χ0n) is 12.7. The third kappa shape index (κ3) is 4.85. The van der Waals surface area contributed by atoms with Gasteiger partial charge in [0.15, 0.2) is 24.8 Å². The molecule has 0 spiro atoms. The van der Waals surface area contributed by atoms with Crippen molar-refractivity contribution in [3.63, 3.8) is 0 Å². The molecule has 0 bridgehead atoms. The molecule has 9 heteroatoms. The summed E-state index contributed by atoms with van der Waals surface area (Å²) in [5, 5.41) is 23.2. The first kappa shape index (κ1) is 17.0. The summed E-state index contributed by atoms with van der Waals surface area (Å²) in [6.45, 7) is 0.470. The minimum atomic E-state index is -0.487. The van der Waals surface area contributed by atoms with Gasteiger partial charge < -0.3 is 16.1 Å². The molecule has 24 heavy (non-hydrogen) atoms. The largest absolute Gasteiger partial charge is 0.411 e. The summed E-state index contributed by atoms with van der Waals surface area (Å²) in [6, 6.07) is 4.88. The predicted octanol–water partition coefficient (Wildman–Crippen LogP) is -0.391. The normalized spacial score (nSPS) is 11.3. The second kappa shape index (κ2) is 8.34. The quantitative estimate of drug-likeness (QED) is 0.276. The molecular weight excluding hydrogens is 314 g/mol. The number of rotatable bonds is 7. The van der Waals surface area contributed by atoms with Crippen LogP contribution in [-0.4, -0.2) is 28.8 Å². The van der Waals surface area contributed by atoms with Gasteiger partial charge in [-0.15, -0.1) is 0 Å². The molecule has 2 heterocycles. The monoisotopic (exact) mass is 331 g/mol. The fourth-order valence-corrected chi connectivity index (χ4v) is 2.00. The summed E-state index contributed by atoms with van der Waals surface area (Å²) >= 11 is 0. The predicted molar refractivity (Wildman–Crippen MR) is 81.6 cm³/mol. The summed E-state index contributed by atoms with van der Waals surface area (Å²) in [6.07, 6.45) is 9.28. The molecule has 1 amide bonds. The van der Waals surface area contributed by atoms with E-state index in [9.17, 15) is 4.79 Å². The highest BCUT2D eigenvalue weighted by Gasteiger charge is 2.09. The number of oxime groups is 2. The van der Waals surface area contributed by atoms with E-state index in [-0.39, 0.29) is 13.5 Å². The molecule has 0 aromatic carbocycles. The molecule has 0 aliphatic heterocycles. The Labute approximate surface area is 137 Å². The van der Waals surface area contributed by atoms with Crippen LogP contribution in [0.3, 0.4) is 0 Å². The molecule has 2 rings (SSSR count). The second-order valence-electron chi connectivity index (χ2n) is 4.83. The standard InChI is InChI=1S/C15H15N5O4/c16-15(21)14-1-3-19(4-2-14)10-24-11-20-8-12(6-17-22)5-13(9-20)7-18-23/h1-9H,10-11H2,(H2-2,16,21,22,23)/p+2/b17-6+,18-7+. The van der Waals surface area contributed by atoms with Crippen molar-refractivity contribution >= 4 is 18.3 Å². The third-order valence-electron chi connectivity index (χ3n) is 3.03. The molecule has 4 N–H and O–H groups in total. The first-order valence-corrected chi connectivity index (χ1v) is 6.88. The topological polar surface area (TPSA) is 125 Å². The Balaban J connectivity index is 2.01. The van der Waals surface area contributed by atoms with Crippen molar-refractivity contribution in [3.8, 4) is 0 Å². The highest BCUT2D eigenvalue weighted by Crippen LogP contribution is 1.97. The van der Waals surface area contributed by atoms with Crippen LogP contribution in [0.25, 0.3) is 0 Å². The van der Waals surface area contributed by atoms with Crippen molar-refractivity contribution in [2.75, 3.05) is 0 Å². The van der Waals surface area contributed by atoms with Gasteiger partial charge >= 0.3 is 0 Å². The Morgan fingerprint density at radius 2 is 1.62 bits per heavy atom. The molecule has 0 fully saturated rings. The van der Waals surface area contributed by atoms with Gasteiger partial charge in [0.2, 0.25) is 5.91 Å². The van der Waals surface area contributed by atoms with Crippen molar-refractivity contribution in [3.05, 3.63) is 59.7 Å². The van der Waals surface area contributed by atoms with E-state index in [0.29, 0.717) is 16.7 Å². The number of hydrogen-bond donors (Lipinski definition) is 3. The van der Waals surface area contributed by atoms with E-state index in [1.54, 1.807) is 52.1 Å². The van der Waals surface area contributed by atoms with Crippen molar-refractivity contribution < 1.29 is 29.1 Å². The fraction of sp³-hybridized carbons (Fsp3) is 0.133. The van der Waals surface area contributed by atoms with Gasteiger partial charge in [-0.2, -0.15) is 9.13 Å². The maximum absolute atomic E-state index is 11.0. The number of hydrogen-bond acceptors (Lipinski definition) is 6. The van der Waals surface area contributed by atoms with Gasteiger partial charge in [-0.3, -0.25) is 9.53 Å². The Hall–Kier alpha value is -3.33. The Morgan fingerprint density at radius 3 is 2.12 bits per heavy atom. The summed E-state index contributed by atoms with van der Waals surface area (Å²) in [5.74, 6) is -0.487. The third-order valence-corrected chi connectivity index (χ3v) is 3.03. The van der Waals surface area contributed by atoms with E-state index < -0.39 is 5.91 Å². The molecule has 0 saturated carbocycles. The Bertz CT molecular complexity index is 729. The van der Waals surface area contributed by atoms with Crippen LogP contribution in [0.15, 0.2) is 53.3 Å². The summed E-state index contributed by atoms with van der Waals surface area (Å²) in [7, 11) is 0. The van der Waals surface area contributed by atoms with E-state index in [1.165, 1.54) is 12.4 Å². The van der Waals surface area contributed by atoms with Crippen LogP contribution in [0.4, 0.5) is 0 Å². The molecule has 124 valence electrons. The smallest absolute Gasteiger partial charge is 0.257 e. The van der Waals surface area contributed by atoms with Crippen LogP contribution in [0.5, 0.6) is 0 Å². The zero-order chi connectivity index (χ0) is 17.4. The lowest BCUT2D eigenvalue weighted by Gasteiger charge is -2.01. The van der Waals surface area contributed by atoms with E-state index in [0.717, 1.165) is 0 Å². The minimum absolute atomic E-state index is 0.212. The molecule has 0 aliphatic rings. The first-order chi connectivity index (χ1) is 11.6. The van der Waals surface area contributed by atoms with Gasteiger partial charge in [0.25, 0.3) is 13.5 Å². The number of nitrogens with two attached hydrogens (primary N) is 1. The summed E-state index contributed by atoms with van der Waals surface area (Å²) < 4.78 is 9.01. The van der Waals surface area contributed by atoms with Gasteiger partial charge in [-0.05, 0) is 6.07 Å². The van der Waals surface area contributed by atoms with Crippen LogP contribution in [0, 0.1) is 0 Å². The average molecular weight is 331 g/mol. The zero-order valence-corrected chi connectivity index (χ0v) is 12.7. The molecule has 9 nitrogen and oxygen atoms in total. The Morgan fingerprint density at radius 1 is 1.08 bits per heavy atom. The number of carbonyl (C=O) groups excluding carboxylic acids is 1. The molecule has 2 aromatic rings. The van der Waals surface area contributed by atoms with Gasteiger partial charge in [-0.1, -0.05) is 10.3 Å². The number of amides is 1. The average Bonchev–Trinajstić information content (AvgIpc) is 2.56. The van der Waals surface area contributed by atoms with Crippen molar-refractivity contribution in [2.24, 2.45) is 16.0 Å². The highest BCUT2D eigenvalue weighted by molar-refractivity contribution is 5.92. The molecule has 0 atom stereocenters. The number of carbonyl (C=O) groups is 1. The Kier molecular flexibility index (Phi) is 5.92. The van der Waals surface area contributed by atoms with E-state index in [1.807, 2.05) is 0 Å². The number of pyridine rings is 2. The summed E-state index contributed by atoms with van der Waals surface area (Å²) in [5.41, 5.74) is 6.82. The lowest BCUT2D eigenvalue weighted by molar-refractivity contribution is -0.788. The number of primary amides is 1. The lowest BCUT2D eigenvalue weighted by atomic mass is 10.2. The van der Waals surface area contributed by atoms with Gasteiger partial charge in [0, 0.05) is 12.1 Å². The minimum Gasteiger partial charge on any atom is -0.411 e. The van der Waals surface area contributed by atoms with Gasteiger partial charge in [-0.25, -0.2) is 0 Å². The van der Waals surface area contributed by atoms with Crippen LogP contribution in [-0.2, 0) is 18.2 Å². The van der Waals surface area contributed by atoms with Gasteiger partial charge in [0.1, 0.15) is 0 Å². The maximum Gasteiger partial charge on any atom is 0.257 e. The van der Waals surface area contributed by atoms with E-state index in [2.05, 4.69) is 10.3 Å². The number of ether oxygens (including phenoxy) is 1. The van der Waals surface area contributed by atoms with Crippen molar-refractivity contribution in [1.29, 1.82) is 0 Å². The molecule has 0 saturated heterocycles. The molecule has 0 aliphatic carbocycles.